The van der Waals surface area contributed by atoms with Gasteiger partial charge in [0.2, 0.25) is 0 Å². The van der Waals surface area contributed by atoms with Gasteiger partial charge in [0.1, 0.15) is 11.2 Å². The van der Waals surface area contributed by atoms with Crippen LogP contribution >= 0.6 is 0 Å². The first kappa shape index (κ1) is 57.1. The second-order valence-corrected chi connectivity index (χ2v) is 20.6. The SMILES string of the molecule is C=CC(=O)OCCCOC1(c2ccc(C(C#CC#CC(CC3CCC(CCC)CC3)c3ccc(C4(OCCCOC(=O)C=C)C=CC(C(=O)O)=CC4)cc3)CC3CCC(CCC)CC3)cc2)C=CC(C(=O)O)=CC1. The van der Waals surface area contributed by atoms with Gasteiger partial charge in [0.15, 0.2) is 0 Å². The normalized spacial score (nSPS) is 24.0. The number of esters is 2. The summed E-state index contributed by atoms with van der Waals surface area (Å²) >= 11 is 0. The Hall–Kier alpha value is -6.20. The molecule has 0 bridgehead atoms. The third kappa shape index (κ3) is 16.7. The van der Waals surface area contributed by atoms with E-state index in [0.29, 0.717) is 50.7 Å². The van der Waals surface area contributed by atoms with E-state index in [1.54, 1.807) is 24.3 Å². The Kier molecular flexibility index (Phi) is 22.4. The summed E-state index contributed by atoms with van der Waals surface area (Å²) in [7, 11) is 0. The number of carbonyl (C=O) groups is 4. The molecule has 2 fully saturated rings. The van der Waals surface area contributed by atoms with Crippen LogP contribution in [0.1, 0.15) is 164 Å². The van der Waals surface area contributed by atoms with Crippen LogP contribution in [-0.2, 0) is 49.3 Å². The van der Waals surface area contributed by atoms with Crippen molar-refractivity contribution >= 4 is 23.9 Å². The monoisotopic (exact) mass is 1010 g/mol. The highest BCUT2D eigenvalue weighted by Gasteiger charge is 2.35. The van der Waals surface area contributed by atoms with Crippen molar-refractivity contribution in [3.05, 3.63) is 144 Å². The molecule has 4 unspecified atom stereocenters. The molecule has 0 aliphatic heterocycles. The summed E-state index contributed by atoms with van der Waals surface area (Å²) in [5.41, 5.74) is 2.67. The van der Waals surface area contributed by atoms with Crippen LogP contribution in [0.5, 0.6) is 0 Å². The molecular weight excluding hydrogens is 929 g/mol. The molecule has 2 saturated carbocycles. The lowest BCUT2D eigenvalue weighted by atomic mass is 9.75. The van der Waals surface area contributed by atoms with Gasteiger partial charge in [-0.15, -0.1) is 0 Å². The lowest BCUT2D eigenvalue weighted by Gasteiger charge is -2.33. The summed E-state index contributed by atoms with van der Waals surface area (Å²) in [6.07, 6.45) is 30.8. The number of carboxylic acid groups (broad SMARTS) is 2. The highest BCUT2D eigenvalue weighted by molar-refractivity contribution is 5.90. The third-order valence-corrected chi connectivity index (χ3v) is 15.6. The smallest absolute Gasteiger partial charge is 0.335 e. The van der Waals surface area contributed by atoms with E-state index in [9.17, 15) is 29.4 Å². The zero-order valence-electron chi connectivity index (χ0n) is 43.8. The number of ether oxygens (including phenoxy) is 4. The molecule has 0 heterocycles. The zero-order valence-corrected chi connectivity index (χ0v) is 43.8. The van der Waals surface area contributed by atoms with Crippen molar-refractivity contribution in [1.82, 2.24) is 0 Å². The molecule has 394 valence electrons. The van der Waals surface area contributed by atoms with Crippen LogP contribution < -0.4 is 0 Å². The van der Waals surface area contributed by atoms with Crippen LogP contribution in [0.25, 0.3) is 0 Å². The molecule has 4 aliphatic carbocycles. The topological polar surface area (TPSA) is 146 Å². The average molecular weight is 1010 g/mol. The quantitative estimate of drug-likeness (QED) is 0.0404. The molecule has 0 amide bonds. The first-order chi connectivity index (χ1) is 35.9. The van der Waals surface area contributed by atoms with Crippen LogP contribution in [0, 0.1) is 47.4 Å². The van der Waals surface area contributed by atoms with E-state index in [2.05, 4.69) is 99.2 Å². The third-order valence-electron chi connectivity index (χ3n) is 15.6. The summed E-state index contributed by atoms with van der Waals surface area (Å²) in [5.74, 6) is 13.7. The van der Waals surface area contributed by atoms with E-state index >= 15 is 0 Å². The van der Waals surface area contributed by atoms with Gasteiger partial charge in [0.05, 0.1) is 37.6 Å². The molecule has 0 radical (unpaired) electrons. The molecule has 2 aromatic rings. The largest absolute Gasteiger partial charge is 0.478 e. The van der Waals surface area contributed by atoms with E-state index in [0.717, 1.165) is 59.1 Å². The number of hydrogen-bond donors (Lipinski definition) is 2. The van der Waals surface area contributed by atoms with Gasteiger partial charge in [-0.3, -0.25) is 0 Å². The number of carbonyl (C=O) groups excluding carboxylic acids is 2. The van der Waals surface area contributed by atoms with Crippen LogP contribution in [0.15, 0.2) is 121 Å². The molecule has 4 aliphatic rings. The second kappa shape index (κ2) is 29.0. The Balaban J connectivity index is 1.27. The molecule has 10 heteroatoms. The summed E-state index contributed by atoms with van der Waals surface area (Å²) in [6.45, 7) is 12.4. The summed E-state index contributed by atoms with van der Waals surface area (Å²) in [6, 6.07) is 16.9. The predicted molar refractivity (Wildman–Crippen MR) is 290 cm³/mol. The Morgan fingerprint density at radius 1 is 0.581 bits per heavy atom. The van der Waals surface area contributed by atoms with Crippen molar-refractivity contribution in [3.63, 3.8) is 0 Å². The van der Waals surface area contributed by atoms with Crippen molar-refractivity contribution < 1.29 is 48.3 Å². The maximum atomic E-state index is 11.9. The lowest BCUT2D eigenvalue weighted by molar-refractivity contribution is -0.139. The number of hydrogen-bond acceptors (Lipinski definition) is 8. The van der Waals surface area contributed by atoms with E-state index < -0.39 is 35.1 Å². The van der Waals surface area contributed by atoms with Crippen molar-refractivity contribution in [1.29, 1.82) is 0 Å². The molecule has 2 N–H and O–H groups in total. The minimum atomic E-state index is -0.990. The maximum Gasteiger partial charge on any atom is 0.335 e. The highest BCUT2D eigenvalue weighted by atomic mass is 16.5. The van der Waals surface area contributed by atoms with Crippen molar-refractivity contribution in [2.24, 2.45) is 23.7 Å². The fraction of sp³-hybridized carbons (Fsp3) is 0.500. The van der Waals surface area contributed by atoms with Crippen LogP contribution in [0.3, 0.4) is 0 Å². The van der Waals surface area contributed by atoms with Gasteiger partial charge in [-0.1, -0.05) is 177 Å². The molecule has 74 heavy (non-hydrogen) atoms. The second-order valence-electron chi connectivity index (χ2n) is 20.6. The fourth-order valence-electron chi connectivity index (χ4n) is 11.3. The van der Waals surface area contributed by atoms with Crippen LogP contribution in [0.4, 0.5) is 0 Å². The summed E-state index contributed by atoms with van der Waals surface area (Å²) in [5, 5.41) is 19.4. The molecule has 0 spiro atoms. The minimum Gasteiger partial charge on any atom is -0.478 e. The number of aliphatic carboxylic acids is 2. The fourth-order valence-corrected chi connectivity index (χ4v) is 11.3. The van der Waals surface area contributed by atoms with Gasteiger partial charge >= 0.3 is 23.9 Å². The van der Waals surface area contributed by atoms with E-state index in [-0.39, 0.29) is 36.2 Å². The Morgan fingerprint density at radius 2 is 0.946 bits per heavy atom. The van der Waals surface area contributed by atoms with Gasteiger partial charge in [0, 0.05) is 49.7 Å². The first-order valence-electron chi connectivity index (χ1n) is 27.2. The molecule has 6 rings (SSSR count). The first-order valence-corrected chi connectivity index (χ1v) is 27.2. The van der Waals surface area contributed by atoms with Crippen molar-refractivity contribution in [2.45, 2.75) is 152 Å². The van der Waals surface area contributed by atoms with Gasteiger partial charge < -0.3 is 29.2 Å². The van der Waals surface area contributed by atoms with Crippen LogP contribution in [-0.4, -0.2) is 60.5 Å². The van der Waals surface area contributed by atoms with Gasteiger partial charge in [-0.25, -0.2) is 19.2 Å². The zero-order chi connectivity index (χ0) is 52.8. The Labute approximate surface area is 440 Å². The van der Waals surface area contributed by atoms with Crippen molar-refractivity contribution in [2.75, 3.05) is 26.4 Å². The van der Waals surface area contributed by atoms with E-state index in [4.69, 9.17) is 18.9 Å². The maximum absolute atomic E-state index is 11.9. The summed E-state index contributed by atoms with van der Waals surface area (Å²) < 4.78 is 23.4. The van der Waals surface area contributed by atoms with Gasteiger partial charge in [-0.2, -0.15) is 0 Å². The molecule has 0 saturated heterocycles. The standard InChI is InChI=1S/C64H78O10/c1-5-13-47-17-21-49(22-18-47)45-55(51-25-29-57(30-26-51)63(37-33-53(34-38-63)61(67)68)73-43-11-41-71-59(65)7-3)15-9-10-16-56(46-50-23-19-48(14-6-2)20-24-50)52-27-31-58(32-28-52)64(39-35-54(36-40-64)62(69)70)74-44-12-42-72-60(66)8-4/h7-8,25-37,39,47-50,55-56H,3-6,11-14,17-24,38,40-46H2,1-2H3,(H,67,68)(H,69,70). The summed E-state index contributed by atoms with van der Waals surface area (Å²) in [4.78, 5) is 47.0. The molecule has 0 aromatic heterocycles. The van der Waals surface area contributed by atoms with Crippen LogP contribution in [0.2, 0.25) is 0 Å². The molecular formula is C64H78O10. The highest BCUT2D eigenvalue weighted by Crippen LogP contribution is 2.42. The predicted octanol–water partition coefficient (Wildman–Crippen LogP) is 13.2. The minimum absolute atomic E-state index is 0.0426. The molecule has 4 atom stereocenters. The van der Waals surface area contributed by atoms with E-state index in [1.165, 1.54) is 77.0 Å². The number of carboxylic acids is 2. The van der Waals surface area contributed by atoms with E-state index in [1.807, 2.05) is 12.2 Å². The van der Waals surface area contributed by atoms with Crippen molar-refractivity contribution in [3.8, 4) is 23.7 Å². The van der Waals surface area contributed by atoms with Gasteiger partial charge in [-0.05, 0) is 94.9 Å². The van der Waals surface area contributed by atoms with Gasteiger partial charge in [0.25, 0.3) is 0 Å². The number of rotatable bonds is 26. The lowest BCUT2D eigenvalue weighted by Crippen LogP contribution is -2.30. The molecule has 10 nitrogen and oxygen atoms in total. The number of benzene rings is 2. The Bertz CT molecular complexity index is 2300. The Morgan fingerprint density at radius 3 is 1.26 bits per heavy atom. The average Bonchev–Trinajstić information content (AvgIpc) is 3.42. The molecule has 2 aromatic carbocycles.